The van der Waals surface area contributed by atoms with Gasteiger partial charge in [-0.2, -0.15) is 0 Å². The summed E-state index contributed by atoms with van der Waals surface area (Å²) in [5.41, 5.74) is 0.588. The van der Waals surface area contributed by atoms with Gasteiger partial charge in [-0.1, -0.05) is 0 Å². The maximum atomic E-state index is 12.7. The second kappa shape index (κ2) is 6.84. The van der Waals surface area contributed by atoms with Crippen LogP contribution in [0, 0.1) is 0 Å². The fraction of sp³-hybridized carbons (Fsp3) is 0.500. The molecule has 0 unspecified atom stereocenters. The SMILES string of the molecule is CC(C)(C)n1ccc(C(=O)N2CC[C@@H](Nc3ncccn3)[C@H](O)C2)c1. The number of hydrogen-bond acceptors (Lipinski definition) is 5. The van der Waals surface area contributed by atoms with Crippen molar-refractivity contribution in [3.05, 3.63) is 42.5 Å². The monoisotopic (exact) mass is 343 g/mol. The molecule has 2 atom stereocenters. The topological polar surface area (TPSA) is 83.3 Å². The molecule has 2 aromatic rings. The minimum atomic E-state index is -0.661. The van der Waals surface area contributed by atoms with Crippen LogP contribution in [0.3, 0.4) is 0 Å². The number of anilines is 1. The van der Waals surface area contributed by atoms with Crippen LogP contribution in [0.4, 0.5) is 5.95 Å². The van der Waals surface area contributed by atoms with E-state index in [-0.39, 0.29) is 17.5 Å². The molecule has 7 nitrogen and oxygen atoms in total. The Kier molecular flexibility index (Phi) is 4.76. The third-order valence-corrected chi connectivity index (χ3v) is 4.46. The largest absolute Gasteiger partial charge is 0.389 e. The van der Waals surface area contributed by atoms with Gasteiger partial charge in [-0.15, -0.1) is 0 Å². The van der Waals surface area contributed by atoms with E-state index >= 15 is 0 Å². The minimum absolute atomic E-state index is 0.0449. The van der Waals surface area contributed by atoms with Crippen molar-refractivity contribution in [3.8, 4) is 0 Å². The van der Waals surface area contributed by atoms with Gasteiger partial charge in [0.2, 0.25) is 5.95 Å². The van der Waals surface area contributed by atoms with E-state index in [1.807, 2.05) is 23.0 Å². The third kappa shape index (κ3) is 3.99. The molecule has 0 aliphatic carbocycles. The molecule has 2 N–H and O–H groups in total. The molecule has 0 spiro atoms. The smallest absolute Gasteiger partial charge is 0.255 e. The number of hydrogen-bond donors (Lipinski definition) is 2. The van der Waals surface area contributed by atoms with Gasteiger partial charge >= 0.3 is 0 Å². The predicted molar refractivity (Wildman–Crippen MR) is 95.4 cm³/mol. The summed E-state index contributed by atoms with van der Waals surface area (Å²) in [6.07, 6.45) is 7.08. The average Bonchev–Trinajstić information content (AvgIpc) is 3.07. The first-order valence-electron chi connectivity index (χ1n) is 8.54. The lowest BCUT2D eigenvalue weighted by atomic mass is 10.0. The first kappa shape index (κ1) is 17.4. The van der Waals surface area contributed by atoms with Crippen LogP contribution in [0.2, 0.25) is 0 Å². The molecule has 3 heterocycles. The van der Waals surface area contributed by atoms with E-state index in [1.165, 1.54) is 0 Å². The summed E-state index contributed by atoms with van der Waals surface area (Å²) in [7, 11) is 0. The maximum absolute atomic E-state index is 12.7. The Morgan fingerprint density at radius 2 is 2.04 bits per heavy atom. The summed E-state index contributed by atoms with van der Waals surface area (Å²) in [4.78, 5) is 22.6. The lowest BCUT2D eigenvalue weighted by Crippen LogP contribution is -2.51. The van der Waals surface area contributed by atoms with Crippen molar-refractivity contribution in [1.29, 1.82) is 0 Å². The number of aliphatic hydroxyl groups is 1. The highest BCUT2D eigenvalue weighted by atomic mass is 16.3. The number of aromatic nitrogens is 3. The van der Waals surface area contributed by atoms with Gasteiger partial charge in [-0.25, -0.2) is 9.97 Å². The average molecular weight is 343 g/mol. The quantitative estimate of drug-likeness (QED) is 0.887. The van der Waals surface area contributed by atoms with E-state index in [9.17, 15) is 9.90 Å². The zero-order chi connectivity index (χ0) is 18.0. The fourth-order valence-electron chi connectivity index (χ4n) is 2.95. The Labute approximate surface area is 147 Å². The Morgan fingerprint density at radius 3 is 2.64 bits per heavy atom. The normalized spacial score (nSPS) is 21.2. The van der Waals surface area contributed by atoms with Gasteiger partial charge in [0.05, 0.1) is 17.7 Å². The van der Waals surface area contributed by atoms with Crippen molar-refractivity contribution in [2.24, 2.45) is 0 Å². The number of likely N-dealkylation sites (tertiary alicyclic amines) is 1. The summed E-state index contributed by atoms with van der Waals surface area (Å²) < 4.78 is 2.03. The van der Waals surface area contributed by atoms with Crippen molar-refractivity contribution in [1.82, 2.24) is 19.4 Å². The van der Waals surface area contributed by atoms with E-state index in [0.29, 0.717) is 31.0 Å². The van der Waals surface area contributed by atoms with Crippen molar-refractivity contribution in [2.75, 3.05) is 18.4 Å². The standard InChI is InChI=1S/C18H25N5O2/c1-18(2,3)23-10-5-13(11-23)16(25)22-9-6-14(15(24)12-22)21-17-19-7-4-8-20-17/h4-5,7-8,10-11,14-15,24H,6,9,12H2,1-3H3,(H,19,20,21)/t14-,15-/m1/s1. The molecule has 1 aliphatic rings. The molecule has 0 radical (unpaired) electrons. The van der Waals surface area contributed by atoms with Gasteiger partial charge in [-0.05, 0) is 39.3 Å². The van der Waals surface area contributed by atoms with Crippen LogP contribution in [0.25, 0.3) is 0 Å². The lowest BCUT2D eigenvalue weighted by molar-refractivity contribution is 0.0425. The summed E-state index contributed by atoms with van der Waals surface area (Å²) in [6, 6.07) is 3.42. The molecule has 1 aliphatic heterocycles. The first-order valence-corrected chi connectivity index (χ1v) is 8.54. The van der Waals surface area contributed by atoms with Crippen LogP contribution >= 0.6 is 0 Å². The fourth-order valence-corrected chi connectivity index (χ4v) is 2.95. The molecule has 0 saturated carbocycles. The van der Waals surface area contributed by atoms with E-state index in [1.54, 1.807) is 23.4 Å². The number of nitrogens with zero attached hydrogens (tertiary/aromatic N) is 4. The van der Waals surface area contributed by atoms with Crippen molar-refractivity contribution < 1.29 is 9.90 Å². The summed E-state index contributed by atoms with van der Waals surface area (Å²) >= 11 is 0. The van der Waals surface area contributed by atoms with Crippen LogP contribution in [0.5, 0.6) is 0 Å². The van der Waals surface area contributed by atoms with Crippen LogP contribution in [-0.4, -0.2) is 55.7 Å². The van der Waals surface area contributed by atoms with E-state index < -0.39 is 6.10 Å². The molecule has 3 rings (SSSR count). The third-order valence-electron chi connectivity index (χ3n) is 4.46. The van der Waals surface area contributed by atoms with Crippen molar-refractivity contribution in [3.63, 3.8) is 0 Å². The van der Waals surface area contributed by atoms with Crippen LogP contribution < -0.4 is 5.32 Å². The van der Waals surface area contributed by atoms with Crippen LogP contribution in [0.15, 0.2) is 36.9 Å². The number of carbonyl (C=O) groups is 1. The zero-order valence-corrected chi connectivity index (χ0v) is 14.9. The number of carbonyl (C=O) groups excluding carboxylic acids is 1. The van der Waals surface area contributed by atoms with E-state index in [2.05, 4.69) is 36.1 Å². The van der Waals surface area contributed by atoms with E-state index in [0.717, 1.165) is 0 Å². The molecule has 1 amide bonds. The molecule has 2 aromatic heterocycles. The van der Waals surface area contributed by atoms with E-state index in [4.69, 9.17) is 0 Å². The molecular formula is C18H25N5O2. The Balaban J connectivity index is 1.62. The zero-order valence-electron chi connectivity index (χ0n) is 14.9. The van der Waals surface area contributed by atoms with Gasteiger partial charge in [0, 0.05) is 43.4 Å². The highest BCUT2D eigenvalue weighted by Gasteiger charge is 2.31. The summed E-state index contributed by atoms with van der Waals surface area (Å²) in [6.45, 7) is 7.15. The molecule has 0 bridgehead atoms. The highest BCUT2D eigenvalue weighted by molar-refractivity contribution is 5.94. The number of β-amino-alcohol motifs (C(OH)–C–C–N with tert-alkyl or cyclic N) is 1. The minimum Gasteiger partial charge on any atom is -0.389 e. The molecule has 1 saturated heterocycles. The second-order valence-electron chi connectivity index (χ2n) is 7.41. The Morgan fingerprint density at radius 1 is 1.32 bits per heavy atom. The number of aliphatic hydroxyl groups excluding tert-OH is 1. The van der Waals surface area contributed by atoms with Gasteiger partial charge in [0.25, 0.3) is 5.91 Å². The highest BCUT2D eigenvalue weighted by Crippen LogP contribution is 2.20. The second-order valence-corrected chi connectivity index (χ2v) is 7.41. The molecule has 7 heteroatoms. The number of piperidine rings is 1. The number of amides is 1. The van der Waals surface area contributed by atoms with Crippen LogP contribution in [-0.2, 0) is 5.54 Å². The Bertz CT molecular complexity index is 723. The molecule has 134 valence electrons. The van der Waals surface area contributed by atoms with Crippen molar-refractivity contribution >= 4 is 11.9 Å². The van der Waals surface area contributed by atoms with Gasteiger partial charge in [0.1, 0.15) is 0 Å². The van der Waals surface area contributed by atoms with Crippen LogP contribution in [0.1, 0.15) is 37.6 Å². The number of nitrogens with one attached hydrogen (secondary N) is 1. The molecule has 25 heavy (non-hydrogen) atoms. The van der Waals surface area contributed by atoms with Gasteiger partial charge < -0.3 is 19.9 Å². The predicted octanol–water partition coefficient (Wildman–Crippen LogP) is 1.72. The maximum Gasteiger partial charge on any atom is 0.255 e. The molecule has 1 fully saturated rings. The summed E-state index contributed by atoms with van der Waals surface area (Å²) in [5, 5.41) is 13.6. The molecular weight excluding hydrogens is 318 g/mol. The molecule has 0 aromatic carbocycles. The first-order chi connectivity index (χ1) is 11.8. The summed E-state index contributed by atoms with van der Waals surface area (Å²) in [5.74, 6) is 0.449. The van der Waals surface area contributed by atoms with Gasteiger partial charge in [0.15, 0.2) is 0 Å². The van der Waals surface area contributed by atoms with Crippen molar-refractivity contribution in [2.45, 2.75) is 44.9 Å². The number of rotatable bonds is 3. The van der Waals surface area contributed by atoms with Gasteiger partial charge in [-0.3, -0.25) is 4.79 Å². The Hall–Kier alpha value is -2.41. The lowest BCUT2D eigenvalue weighted by Gasteiger charge is -2.36.